The third-order valence-electron chi connectivity index (χ3n) is 11.7. The maximum atomic E-state index is 6.26. The first-order chi connectivity index (χ1) is 29.7. The van der Waals surface area contributed by atoms with Crippen LogP contribution in [0.25, 0.3) is 117 Å². The van der Waals surface area contributed by atoms with Gasteiger partial charge in [0.1, 0.15) is 11.2 Å². The topological polar surface area (TPSA) is 56.7 Å². The summed E-state index contributed by atoms with van der Waals surface area (Å²) < 4.78 is 8.53. The molecular weight excluding hydrogens is 733 g/mol. The summed E-state index contributed by atoms with van der Waals surface area (Å²) in [5.41, 5.74) is 12.4. The van der Waals surface area contributed by atoms with Crippen LogP contribution in [0.2, 0.25) is 0 Å². The lowest BCUT2D eigenvalue weighted by atomic mass is 9.99. The molecule has 0 radical (unpaired) electrons. The van der Waals surface area contributed by atoms with Crippen LogP contribution in [0.1, 0.15) is 0 Å². The Morgan fingerprint density at radius 3 is 1.52 bits per heavy atom. The SMILES string of the molecule is c1ccc(-c2ccc(-c3nc(-c4ccc(-c5ccccc5)cc4)nc(-n4c5c(-c6ccc7oc8ccccc8c7c6)cccc5c5ccc6ccccc6c54)n3)cc2)cc1. The van der Waals surface area contributed by atoms with E-state index in [2.05, 4.69) is 187 Å². The van der Waals surface area contributed by atoms with Crippen LogP contribution >= 0.6 is 0 Å². The number of benzene rings is 9. The van der Waals surface area contributed by atoms with Crippen LogP contribution in [0.4, 0.5) is 0 Å². The Morgan fingerprint density at radius 2 is 0.833 bits per heavy atom. The Kier molecular flexibility index (Phi) is 7.78. The van der Waals surface area contributed by atoms with Crippen LogP contribution in [0.3, 0.4) is 0 Å². The molecule has 0 aliphatic rings. The molecule has 0 fully saturated rings. The van der Waals surface area contributed by atoms with E-state index in [4.69, 9.17) is 19.4 Å². The summed E-state index contributed by atoms with van der Waals surface area (Å²) in [6.07, 6.45) is 0. The summed E-state index contributed by atoms with van der Waals surface area (Å²) >= 11 is 0. The minimum absolute atomic E-state index is 0.549. The Balaban J connectivity index is 1.13. The van der Waals surface area contributed by atoms with Crippen LogP contribution in [-0.2, 0) is 0 Å². The standard InChI is InChI=1S/C55H34N4O/c1-3-12-35(13-4-1)37-22-26-40(27-23-37)53-56-54(41-28-24-38(25-29-41)36-14-5-2-6-15-36)58-55(57-53)59-51-43-17-8-7-16-39(43)30-32-47(51)46-20-11-19-44(52(46)59)42-31-33-50-48(34-42)45-18-9-10-21-49(45)60-50/h1-34H. The Bertz CT molecular complexity index is 3470. The molecule has 12 aromatic rings. The summed E-state index contributed by atoms with van der Waals surface area (Å²) in [6.45, 7) is 0. The van der Waals surface area contributed by atoms with Gasteiger partial charge in [-0.3, -0.25) is 4.57 Å². The van der Waals surface area contributed by atoms with E-state index in [9.17, 15) is 0 Å². The predicted molar refractivity (Wildman–Crippen MR) is 246 cm³/mol. The first-order valence-electron chi connectivity index (χ1n) is 20.2. The highest BCUT2D eigenvalue weighted by Gasteiger charge is 2.23. The molecule has 60 heavy (non-hydrogen) atoms. The highest BCUT2D eigenvalue weighted by molar-refractivity contribution is 6.21. The van der Waals surface area contributed by atoms with Gasteiger partial charge in [0.15, 0.2) is 11.6 Å². The van der Waals surface area contributed by atoms with Gasteiger partial charge >= 0.3 is 0 Å². The van der Waals surface area contributed by atoms with Crippen molar-refractivity contribution in [3.8, 4) is 62.1 Å². The second-order valence-corrected chi connectivity index (χ2v) is 15.2. The zero-order valence-electron chi connectivity index (χ0n) is 32.3. The van der Waals surface area contributed by atoms with Crippen LogP contribution < -0.4 is 0 Å². The van der Waals surface area contributed by atoms with Crippen LogP contribution in [0.15, 0.2) is 211 Å². The molecule has 9 aromatic carbocycles. The van der Waals surface area contributed by atoms with Crippen molar-refractivity contribution in [3.05, 3.63) is 206 Å². The molecule has 5 nitrogen and oxygen atoms in total. The van der Waals surface area contributed by atoms with Gasteiger partial charge in [-0.1, -0.05) is 188 Å². The summed E-state index contributed by atoms with van der Waals surface area (Å²) in [5, 5.41) is 6.68. The summed E-state index contributed by atoms with van der Waals surface area (Å²) in [4.78, 5) is 16.0. The van der Waals surface area contributed by atoms with E-state index in [1.54, 1.807) is 0 Å². The molecule has 3 aromatic heterocycles. The maximum absolute atomic E-state index is 6.26. The first kappa shape index (κ1) is 33.9. The number of para-hydroxylation sites is 2. The molecule has 280 valence electrons. The lowest BCUT2D eigenvalue weighted by molar-refractivity contribution is 0.669. The Morgan fingerprint density at radius 1 is 0.317 bits per heavy atom. The number of fused-ring (bicyclic) bond motifs is 8. The first-order valence-corrected chi connectivity index (χ1v) is 20.2. The molecule has 0 atom stereocenters. The highest BCUT2D eigenvalue weighted by Crippen LogP contribution is 2.42. The number of aromatic nitrogens is 4. The average molecular weight is 767 g/mol. The molecule has 0 bridgehead atoms. The van der Waals surface area contributed by atoms with Crippen molar-refractivity contribution in [2.24, 2.45) is 0 Å². The smallest absolute Gasteiger partial charge is 0.238 e. The fourth-order valence-corrected chi connectivity index (χ4v) is 8.76. The molecule has 12 rings (SSSR count). The second-order valence-electron chi connectivity index (χ2n) is 15.2. The molecule has 0 saturated carbocycles. The van der Waals surface area contributed by atoms with E-state index in [1.165, 1.54) is 0 Å². The fourth-order valence-electron chi connectivity index (χ4n) is 8.76. The maximum Gasteiger partial charge on any atom is 0.238 e. The van der Waals surface area contributed by atoms with E-state index in [-0.39, 0.29) is 0 Å². The van der Waals surface area contributed by atoms with Crippen molar-refractivity contribution in [2.45, 2.75) is 0 Å². The van der Waals surface area contributed by atoms with Crippen LogP contribution in [-0.4, -0.2) is 19.5 Å². The molecule has 0 N–H and O–H groups in total. The number of nitrogens with zero attached hydrogens (tertiary/aromatic N) is 4. The van der Waals surface area contributed by atoms with Gasteiger partial charge in [-0.25, -0.2) is 4.98 Å². The zero-order chi connectivity index (χ0) is 39.6. The summed E-state index contributed by atoms with van der Waals surface area (Å²) in [7, 11) is 0. The Labute approximate surface area is 345 Å². The van der Waals surface area contributed by atoms with Crippen molar-refractivity contribution in [1.82, 2.24) is 19.5 Å². The number of rotatable bonds is 6. The normalized spacial score (nSPS) is 11.7. The molecule has 3 heterocycles. The highest BCUT2D eigenvalue weighted by atomic mass is 16.3. The Hall–Kier alpha value is -8.15. The molecule has 0 aliphatic carbocycles. The third kappa shape index (κ3) is 5.59. The van der Waals surface area contributed by atoms with Crippen molar-refractivity contribution in [1.29, 1.82) is 0 Å². The van der Waals surface area contributed by atoms with Gasteiger partial charge in [-0.15, -0.1) is 0 Å². The molecule has 0 unspecified atom stereocenters. The van der Waals surface area contributed by atoms with Crippen LogP contribution in [0, 0.1) is 0 Å². The van der Waals surface area contributed by atoms with E-state index in [0.29, 0.717) is 17.6 Å². The third-order valence-corrected chi connectivity index (χ3v) is 11.7. The van der Waals surface area contributed by atoms with Gasteiger partial charge in [0, 0.05) is 43.6 Å². The monoisotopic (exact) mass is 766 g/mol. The average Bonchev–Trinajstić information content (AvgIpc) is 3.88. The van der Waals surface area contributed by atoms with E-state index >= 15 is 0 Å². The summed E-state index contributed by atoms with van der Waals surface area (Å²) in [5.74, 6) is 1.74. The van der Waals surface area contributed by atoms with Gasteiger partial charge < -0.3 is 4.42 Å². The van der Waals surface area contributed by atoms with Gasteiger partial charge in [-0.05, 0) is 51.4 Å². The van der Waals surface area contributed by atoms with Gasteiger partial charge in [0.2, 0.25) is 5.95 Å². The summed E-state index contributed by atoms with van der Waals surface area (Å²) in [6, 6.07) is 72.2. The minimum atomic E-state index is 0.549. The zero-order valence-corrected chi connectivity index (χ0v) is 32.3. The van der Waals surface area contributed by atoms with Crippen molar-refractivity contribution in [3.63, 3.8) is 0 Å². The van der Waals surface area contributed by atoms with E-state index in [0.717, 1.165) is 99.0 Å². The van der Waals surface area contributed by atoms with Crippen molar-refractivity contribution >= 4 is 54.5 Å². The van der Waals surface area contributed by atoms with Crippen molar-refractivity contribution in [2.75, 3.05) is 0 Å². The predicted octanol–water partition coefficient (Wildman–Crippen LogP) is 14.4. The molecule has 0 saturated heterocycles. The van der Waals surface area contributed by atoms with Gasteiger partial charge in [-0.2, -0.15) is 9.97 Å². The largest absolute Gasteiger partial charge is 0.456 e. The lowest BCUT2D eigenvalue weighted by Crippen LogP contribution is -2.07. The minimum Gasteiger partial charge on any atom is -0.456 e. The molecule has 0 amide bonds. The van der Waals surface area contributed by atoms with E-state index in [1.807, 2.05) is 24.3 Å². The molecule has 0 spiro atoms. The van der Waals surface area contributed by atoms with E-state index < -0.39 is 0 Å². The fraction of sp³-hybridized carbons (Fsp3) is 0. The number of furan rings is 1. The quantitative estimate of drug-likeness (QED) is 0.169. The van der Waals surface area contributed by atoms with Gasteiger partial charge in [0.05, 0.1) is 11.0 Å². The van der Waals surface area contributed by atoms with Crippen molar-refractivity contribution < 1.29 is 4.42 Å². The number of hydrogen-bond donors (Lipinski definition) is 0. The van der Waals surface area contributed by atoms with Gasteiger partial charge in [0.25, 0.3) is 0 Å². The molecular formula is C55H34N4O. The lowest BCUT2D eigenvalue weighted by Gasteiger charge is -2.14. The molecule has 5 heteroatoms. The second kappa shape index (κ2) is 13.8. The molecule has 0 aliphatic heterocycles. The van der Waals surface area contributed by atoms with Crippen LogP contribution in [0.5, 0.6) is 0 Å². The number of hydrogen-bond acceptors (Lipinski definition) is 4.